The Balaban J connectivity index is 2.23. The Bertz CT molecular complexity index is 215. The van der Waals surface area contributed by atoms with Crippen molar-refractivity contribution in [3.63, 3.8) is 0 Å². The molecule has 0 spiro atoms. The van der Waals surface area contributed by atoms with Crippen LogP contribution in [-0.4, -0.2) is 40.9 Å². The number of rotatable bonds is 5. The second kappa shape index (κ2) is 5.44. The molecule has 1 saturated carbocycles. The van der Waals surface area contributed by atoms with Crippen LogP contribution in [-0.2, 0) is 4.79 Å². The highest BCUT2D eigenvalue weighted by Gasteiger charge is 2.31. The number of aliphatic hydroxyl groups is 2. The topological polar surface area (TPSA) is 95.6 Å². The van der Waals surface area contributed by atoms with Gasteiger partial charge in [-0.15, -0.1) is 0 Å². The lowest BCUT2D eigenvalue weighted by molar-refractivity contribution is -0.122. The predicted molar refractivity (Wildman–Crippen MR) is 56.1 cm³/mol. The summed E-state index contributed by atoms with van der Waals surface area (Å²) in [4.78, 5) is 11.4. The molecule has 1 amide bonds. The van der Waals surface area contributed by atoms with E-state index in [1.165, 1.54) is 0 Å². The van der Waals surface area contributed by atoms with Gasteiger partial charge in [0.05, 0.1) is 12.7 Å². The van der Waals surface area contributed by atoms with E-state index in [9.17, 15) is 4.79 Å². The number of hydrogen-bond donors (Lipinski definition) is 4. The summed E-state index contributed by atoms with van der Waals surface area (Å²) in [6.45, 7) is -0.251. The minimum Gasteiger partial charge on any atom is -0.394 e. The maximum absolute atomic E-state index is 11.4. The van der Waals surface area contributed by atoms with E-state index >= 15 is 0 Å². The number of nitrogens with one attached hydrogen (secondary N) is 1. The Labute approximate surface area is 89.7 Å². The molecular weight excluding hydrogens is 196 g/mol. The van der Waals surface area contributed by atoms with Crippen molar-refractivity contribution in [2.45, 2.75) is 43.7 Å². The number of amides is 1. The lowest BCUT2D eigenvalue weighted by Crippen LogP contribution is -2.43. The summed E-state index contributed by atoms with van der Waals surface area (Å²) in [5, 5.41) is 20.1. The van der Waals surface area contributed by atoms with Gasteiger partial charge in [-0.1, -0.05) is 12.8 Å². The number of carbonyl (C=O) groups excluding carboxylic acids is 1. The Kier molecular flexibility index (Phi) is 4.50. The average molecular weight is 216 g/mol. The van der Waals surface area contributed by atoms with Gasteiger partial charge in [-0.05, 0) is 12.8 Å². The van der Waals surface area contributed by atoms with Crippen LogP contribution in [0, 0.1) is 0 Å². The van der Waals surface area contributed by atoms with Crippen LogP contribution >= 0.6 is 0 Å². The highest BCUT2D eigenvalue weighted by Crippen LogP contribution is 2.29. The fourth-order valence-electron chi connectivity index (χ4n) is 1.93. The first-order chi connectivity index (χ1) is 7.06. The normalized spacial score (nSPS) is 21.3. The van der Waals surface area contributed by atoms with Gasteiger partial charge in [-0.25, -0.2) is 0 Å². The van der Waals surface area contributed by atoms with Gasteiger partial charge in [0.15, 0.2) is 0 Å². The van der Waals surface area contributed by atoms with E-state index in [-0.39, 0.29) is 24.6 Å². The molecular formula is C10H20N2O3. The van der Waals surface area contributed by atoms with Crippen LogP contribution < -0.4 is 11.1 Å². The van der Waals surface area contributed by atoms with Gasteiger partial charge < -0.3 is 21.3 Å². The SMILES string of the molecule is NC1(CC(=O)NCC(O)CO)CCCC1. The molecule has 0 aromatic rings. The standard InChI is InChI=1S/C10H20N2O3/c11-10(3-1-2-4-10)5-9(15)12-6-8(14)7-13/h8,13-14H,1-7,11H2,(H,12,15). The van der Waals surface area contributed by atoms with E-state index in [1.807, 2.05) is 0 Å². The quantitative estimate of drug-likeness (QED) is 0.480. The van der Waals surface area contributed by atoms with Crippen molar-refractivity contribution in [3.05, 3.63) is 0 Å². The Morgan fingerprint density at radius 1 is 1.47 bits per heavy atom. The number of nitrogens with two attached hydrogens (primary N) is 1. The summed E-state index contributed by atoms with van der Waals surface area (Å²) in [5.74, 6) is -0.146. The molecule has 1 aliphatic rings. The van der Waals surface area contributed by atoms with Gasteiger partial charge in [0.2, 0.25) is 5.91 Å². The van der Waals surface area contributed by atoms with Crippen LogP contribution in [0.15, 0.2) is 0 Å². The zero-order chi connectivity index (χ0) is 11.3. The summed E-state index contributed by atoms with van der Waals surface area (Å²) in [5.41, 5.74) is 5.67. The van der Waals surface area contributed by atoms with Crippen molar-refractivity contribution in [1.82, 2.24) is 5.32 Å². The lowest BCUT2D eigenvalue weighted by Gasteiger charge is -2.22. The van der Waals surface area contributed by atoms with Crippen molar-refractivity contribution in [2.75, 3.05) is 13.2 Å². The minimum atomic E-state index is -0.883. The average Bonchev–Trinajstić information content (AvgIpc) is 2.61. The second-order valence-electron chi connectivity index (χ2n) is 4.39. The molecule has 1 fully saturated rings. The molecule has 15 heavy (non-hydrogen) atoms. The van der Waals surface area contributed by atoms with E-state index in [2.05, 4.69) is 5.32 Å². The van der Waals surface area contributed by atoms with Gasteiger partial charge in [-0.3, -0.25) is 4.79 Å². The lowest BCUT2D eigenvalue weighted by atomic mass is 9.94. The largest absolute Gasteiger partial charge is 0.394 e. The molecule has 0 bridgehead atoms. The van der Waals surface area contributed by atoms with E-state index in [4.69, 9.17) is 15.9 Å². The summed E-state index contributed by atoms with van der Waals surface area (Å²) in [6, 6.07) is 0. The zero-order valence-corrected chi connectivity index (χ0v) is 8.91. The summed E-state index contributed by atoms with van der Waals surface area (Å²) >= 11 is 0. The van der Waals surface area contributed by atoms with Crippen LogP contribution in [0.3, 0.4) is 0 Å². The molecule has 0 aliphatic heterocycles. The molecule has 0 saturated heterocycles. The minimum absolute atomic E-state index is 0.0887. The van der Waals surface area contributed by atoms with Gasteiger partial charge in [-0.2, -0.15) is 0 Å². The molecule has 1 rings (SSSR count). The highest BCUT2D eigenvalue weighted by atomic mass is 16.3. The highest BCUT2D eigenvalue weighted by molar-refractivity contribution is 5.77. The summed E-state index contributed by atoms with van der Waals surface area (Å²) in [7, 11) is 0. The fourth-order valence-corrected chi connectivity index (χ4v) is 1.93. The van der Waals surface area contributed by atoms with E-state index in [1.54, 1.807) is 0 Å². The first kappa shape index (κ1) is 12.4. The van der Waals surface area contributed by atoms with Crippen molar-refractivity contribution in [1.29, 1.82) is 0 Å². The first-order valence-corrected chi connectivity index (χ1v) is 5.40. The van der Waals surface area contributed by atoms with Gasteiger partial charge in [0.25, 0.3) is 0 Å². The third-order valence-corrected chi connectivity index (χ3v) is 2.86. The molecule has 0 aromatic heterocycles. The van der Waals surface area contributed by atoms with Crippen LogP contribution in [0.5, 0.6) is 0 Å². The smallest absolute Gasteiger partial charge is 0.221 e. The van der Waals surface area contributed by atoms with Gasteiger partial charge >= 0.3 is 0 Å². The van der Waals surface area contributed by atoms with Gasteiger partial charge in [0.1, 0.15) is 0 Å². The molecule has 5 N–H and O–H groups in total. The number of carbonyl (C=O) groups is 1. The maximum atomic E-state index is 11.4. The van der Waals surface area contributed by atoms with Crippen molar-refractivity contribution < 1.29 is 15.0 Å². The van der Waals surface area contributed by atoms with E-state index in [0.29, 0.717) is 6.42 Å². The molecule has 1 aliphatic carbocycles. The maximum Gasteiger partial charge on any atom is 0.221 e. The first-order valence-electron chi connectivity index (χ1n) is 5.40. The fraction of sp³-hybridized carbons (Fsp3) is 0.900. The molecule has 1 atom stereocenters. The molecule has 0 heterocycles. The van der Waals surface area contributed by atoms with Crippen LogP contribution in [0.2, 0.25) is 0 Å². The molecule has 5 heteroatoms. The second-order valence-corrected chi connectivity index (χ2v) is 4.39. The van der Waals surface area contributed by atoms with E-state index < -0.39 is 6.10 Å². The molecule has 1 unspecified atom stereocenters. The molecule has 5 nitrogen and oxygen atoms in total. The molecule has 88 valence electrons. The Hall–Kier alpha value is -0.650. The third-order valence-electron chi connectivity index (χ3n) is 2.86. The van der Waals surface area contributed by atoms with Crippen LogP contribution in [0.25, 0.3) is 0 Å². The van der Waals surface area contributed by atoms with Crippen molar-refractivity contribution in [3.8, 4) is 0 Å². The van der Waals surface area contributed by atoms with Gasteiger partial charge in [0, 0.05) is 18.5 Å². The summed E-state index contributed by atoms with van der Waals surface area (Å²) < 4.78 is 0. The van der Waals surface area contributed by atoms with E-state index in [0.717, 1.165) is 25.7 Å². The zero-order valence-electron chi connectivity index (χ0n) is 8.91. The van der Waals surface area contributed by atoms with Crippen LogP contribution in [0.1, 0.15) is 32.1 Å². The van der Waals surface area contributed by atoms with Crippen molar-refractivity contribution >= 4 is 5.91 Å². The Morgan fingerprint density at radius 3 is 2.60 bits per heavy atom. The van der Waals surface area contributed by atoms with Crippen LogP contribution in [0.4, 0.5) is 0 Å². The van der Waals surface area contributed by atoms with Crippen molar-refractivity contribution in [2.24, 2.45) is 5.73 Å². The molecule has 0 radical (unpaired) electrons. The molecule has 0 aromatic carbocycles. The summed E-state index contributed by atoms with van der Waals surface area (Å²) in [6.07, 6.45) is 3.38. The Morgan fingerprint density at radius 2 is 2.07 bits per heavy atom. The number of aliphatic hydroxyl groups excluding tert-OH is 2. The number of hydrogen-bond acceptors (Lipinski definition) is 4. The third kappa shape index (κ3) is 4.15. The predicted octanol–water partition coefficient (Wildman–Crippen LogP) is -0.883. The monoisotopic (exact) mass is 216 g/mol.